The molecule has 3 rings (SSSR count). The number of amides is 1. The van der Waals surface area contributed by atoms with Crippen molar-refractivity contribution in [1.29, 1.82) is 0 Å². The van der Waals surface area contributed by atoms with Gasteiger partial charge in [-0.2, -0.15) is 0 Å². The Hall–Kier alpha value is -2.54. The lowest BCUT2D eigenvalue weighted by Gasteiger charge is -2.25. The normalized spacial score (nSPS) is 21.8. The number of nitrogens with zero attached hydrogens (tertiary/aromatic N) is 1. The van der Waals surface area contributed by atoms with Crippen molar-refractivity contribution in [2.45, 2.75) is 18.1 Å². The van der Waals surface area contributed by atoms with E-state index in [1.165, 1.54) is 11.2 Å². The van der Waals surface area contributed by atoms with Crippen LogP contribution in [0.5, 0.6) is 5.75 Å². The number of anilines is 2. The zero-order valence-corrected chi connectivity index (χ0v) is 14.9. The average molecular weight is 360 g/mol. The second-order valence-corrected chi connectivity index (χ2v) is 8.37. The van der Waals surface area contributed by atoms with Crippen molar-refractivity contribution in [1.82, 2.24) is 0 Å². The van der Waals surface area contributed by atoms with Gasteiger partial charge in [0.15, 0.2) is 4.75 Å². The smallest absolute Gasteiger partial charge is 0.249 e. The predicted octanol–water partition coefficient (Wildman–Crippen LogP) is 2.63. The van der Waals surface area contributed by atoms with Crippen molar-refractivity contribution < 1.29 is 17.9 Å². The first-order valence-corrected chi connectivity index (χ1v) is 9.35. The molecule has 25 heavy (non-hydrogen) atoms. The molecule has 1 fully saturated rings. The van der Waals surface area contributed by atoms with E-state index in [4.69, 9.17) is 4.74 Å². The molecule has 1 heterocycles. The van der Waals surface area contributed by atoms with E-state index in [1.807, 2.05) is 6.07 Å². The molecule has 1 atom stereocenters. The molecule has 0 aliphatic carbocycles. The van der Waals surface area contributed by atoms with Gasteiger partial charge in [-0.05, 0) is 49.7 Å². The van der Waals surface area contributed by atoms with E-state index >= 15 is 0 Å². The van der Waals surface area contributed by atoms with E-state index in [-0.39, 0.29) is 13.0 Å². The highest BCUT2D eigenvalue weighted by atomic mass is 32.2. The zero-order valence-electron chi connectivity index (χ0n) is 14.1. The van der Waals surface area contributed by atoms with Crippen LogP contribution in [0.3, 0.4) is 0 Å². The third-order valence-electron chi connectivity index (χ3n) is 4.52. The Morgan fingerprint density at radius 2 is 1.76 bits per heavy atom. The lowest BCUT2D eigenvalue weighted by atomic mass is 10.1. The van der Waals surface area contributed by atoms with E-state index in [1.54, 1.807) is 55.6 Å². The Bertz CT molecular complexity index is 866. The maximum absolute atomic E-state index is 13.0. The van der Waals surface area contributed by atoms with E-state index in [0.717, 1.165) is 0 Å². The molecule has 1 amide bonds. The molecule has 0 radical (unpaired) electrons. The summed E-state index contributed by atoms with van der Waals surface area (Å²) in [4.78, 5) is 12.7. The number of ether oxygens (including phenoxy) is 1. The van der Waals surface area contributed by atoms with Gasteiger partial charge in [-0.15, -0.1) is 0 Å². The first-order chi connectivity index (χ1) is 11.9. The van der Waals surface area contributed by atoms with E-state index < -0.39 is 20.7 Å². The van der Waals surface area contributed by atoms with Crippen LogP contribution < -0.4 is 14.4 Å². The summed E-state index contributed by atoms with van der Waals surface area (Å²) < 4.78 is 30.9. The van der Waals surface area contributed by atoms with Gasteiger partial charge in [0, 0.05) is 12.2 Å². The standard InChI is InChI=1S/C18H20N2O4S/c1-18(17(21)19-14-8-10-16(24-2)11-9-14)12-13-20(25(18,22)23)15-6-4-3-5-7-15/h3-11H,12-13H2,1-2H3,(H,19,21). The number of rotatable bonds is 4. The molecule has 0 bridgehead atoms. The van der Waals surface area contributed by atoms with Crippen LogP contribution in [-0.2, 0) is 14.8 Å². The van der Waals surface area contributed by atoms with Crippen LogP contribution in [0.2, 0.25) is 0 Å². The van der Waals surface area contributed by atoms with Crippen LogP contribution in [0.4, 0.5) is 11.4 Å². The Labute approximate surface area is 147 Å². The minimum atomic E-state index is -3.82. The van der Waals surface area contributed by atoms with Gasteiger partial charge >= 0.3 is 0 Å². The number of benzene rings is 2. The van der Waals surface area contributed by atoms with Crippen molar-refractivity contribution >= 4 is 27.3 Å². The van der Waals surface area contributed by atoms with Crippen molar-refractivity contribution in [3.05, 3.63) is 54.6 Å². The minimum absolute atomic E-state index is 0.228. The van der Waals surface area contributed by atoms with Crippen molar-refractivity contribution in [3.8, 4) is 5.75 Å². The molecule has 1 N–H and O–H groups in total. The first-order valence-electron chi connectivity index (χ1n) is 7.91. The maximum Gasteiger partial charge on any atom is 0.249 e. The second-order valence-electron chi connectivity index (χ2n) is 6.08. The summed E-state index contributed by atoms with van der Waals surface area (Å²) in [5.74, 6) is 0.129. The monoisotopic (exact) mass is 360 g/mol. The van der Waals surface area contributed by atoms with Crippen molar-refractivity contribution in [2.75, 3.05) is 23.3 Å². The van der Waals surface area contributed by atoms with Crippen LogP contribution in [0.15, 0.2) is 54.6 Å². The summed E-state index contributed by atoms with van der Waals surface area (Å²) in [5.41, 5.74) is 1.10. The predicted molar refractivity (Wildman–Crippen MR) is 97.4 cm³/mol. The number of methoxy groups -OCH3 is 1. The Morgan fingerprint density at radius 3 is 2.36 bits per heavy atom. The molecule has 2 aromatic carbocycles. The average Bonchev–Trinajstić information content (AvgIpc) is 2.87. The fraction of sp³-hybridized carbons (Fsp3) is 0.278. The van der Waals surface area contributed by atoms with E-state index in [9.17, 15) is 13.2 Å². The second kappa shape index (κ2) is 6.40. The van der Waals surface area contributed by atoms with Crippen LogP contribution in [0.1, 0.15) is 13.3 Å². The maximum atomic E-state index is 13.0. The third-order valence-corrected chi connectivity index (χ3v) is 7.03. The van der Waals surface area contributed by atoms with Gasteiger partial charge in [0.2, 0.25) is 15.9 Å². The highest BCUT2D eigenvalue weighted by Gasteiger charge is 2.54. The molecular weight excluding hydrogens is 340 g/mol. The lowest BCUT2D eigenvalue weighted by molar-refractivity contribution is -0.118. The number of carbonyl (C=O) groups excluding carboxylic acids is 1. The highest BCUT2D eigenvalue weighted by Crippen LogP contribution is 2.37. The molecule has 132 valence electrons. The fourth-order valence-electron chi connectivity index (χ4n) is 2.84. The van der Waals surface area contributed by atoms with E-state index in [0.29, 0.717) is 17.1 Å². The molecule has 0 aromatic heterocycles. The molecular formula is C18H20N2O4S. The van der Waals surface area contributed by atoms with E-state index in [2.05, 4.69) is 5.32 Å². The van der Waals surface area contributed by atoms with Gasteiger partial charge in [-0.25, -0.2) is 8.42 Å². The number of nitrogens with one attached hydrogen (secondary N) is 1. The highest BCUT2D eigenvalue weighted by molar-refractivity contribution is 7.95. The summed E-state index contributed by atoms with van der Waals surface area (Å²) >= 11 is 0. The minimum Gasteiger partial charge on any atom is -0.497 e. The number of hydrogen-bond acceptors (Lipinski definition) is 4. The Kier molecular flexibility index (Phi) is 4.43. The van der Waals surface area contributed by atoms with Crippen molar-refractivity contribution in [3.63, 3.8) is 0 Å². The Morgan fingerprint density at radius 1 is 1.12 bits per heavy atom. The molecule has 1 unspecified atom stereocenters. The van der Waals surface area contributed by atoms with Gasteiger partial charge in [0.1, 0.15) is 5.75 Å². The quantitative estimate of drug-likeness (QED) is 0.909. The topological polar surface area (TPSA) is 75.7 Å². The zero-order chi connectivity index (χ0) is 18.1. The largest absolute Gasteiger partial charge is 0.497 e. The van der Waals surface area contributed by atoms with Crippen molar-refractivity contribution in [2.24, 2.45) is 0 Å². The van der Waals surface area contributed by atoms with Gasteiger partial charge in [-0.3, -0.25) is 9.10 Å². The SMILES string of the molecule is COc1ccc(NC(=O)C2(C)CCN(c3ccccc3)S2(=O)=O)cc1. The summed E-state index contributed by atoms with van der Waals surface area (Å²) in [6, 6.07) is 15.6. The van der Waals surface area contributed by atoms with Gasteiger partial charge in [0.05, 0.1) is 12.8 Å². The number of sulfonamides is 1. The van der Waals surface area contributed by atoms with Gasteiger partial charge < -0.3 is 10.1 Å². The number of hydrogen-bond donors (Lipinski definition) is 1. The van der Waals surface area contributed by atoms with Crippen LogP contribution >= 0.6 is 0 Å². The molecule has 1 aliphatic heterocycles. The summed E-state index contributed by atoms with van der Waals surface area (Å²) in [7, 11) is -2.26. The summed E-state index contributed by atoms with van der Waals surface area (Å²) in [6.45, 7) is 1.75. The summed E-state index contributed by atoms with van der Waals surface area (Å²) in [6.07, 6.45) is 0.228. The summed E-state index contributed by atoms with van der Waals surface area (Å²) in [5, 5.41) is 2.70. The number of para-hydroxylation sites is 1. The van der Waals surface area contributed by atoms with Gasteiger partial charge in [0.25, 0.3) is 0 Å². The first kappa shape index (κ1) is 17.3. The molecule has 1 saturated heterocycles. The molecule has 0 spiro atoms. The van der Waals surface area contributed by atoms with Crippen LogP contribution in [0.25, 0.3) is 0 Å². The lowest BCUT2D eigenvalue weighted by Crippen LogP contribution is -2.47. The molecule has 0 saturated carbocycles. The third kappa shape index (κ3) is 2.95. The van der Waals surface area contributed by atoms with Crippen LogP contribution in [0, 0.1) is 0 Å². The fourth-order valence-corrected chi connectivity index (χ4v) is 4.69. The molecule has 6 nitrogen and oxygen atoms in total. The molecule has 7 heteroatoms. The molecule has 2 aromatic rings. The molecule has 1 aliphatic rings. The van der Waals surface area contributed by atoms with Gasteiger partial charge in [-0.1, -0.05) is 18.2 Å². The number of carbonyl (C=O) groups is 1. The Balaban J connectivity index is 1.84. The van der Waals surface area contributed by atoms with Crippen LogP contribution in [-0.4, -0.2) is 32.7 Å².